The fourth-order valence-electron chi connectivity index (χ4n) is 1.24. The Morgan fingerprint density at radius 2 is 1.85 bits per heavy atom. The van der Waals surface area contributed by atoms with Crippen molar-refractivity contribution in [3.05, 3.63) is 12.4 Å². The first-order chi connectivity index (χ1) is 8.99. The zero-order valence-corrected chi connectivity index (χ0v) is 11.9. The second-order valence-corrected chi connectivity index (χ2v) is 7.90. The number of nitrogens with zero attached hydrogens (tertiary/aromatic N) is 2. The van der Waals surface area contributed by atoms with E-state index in [1.165, 1.54) is 17.0 Å². The Kier molecular flexibility index (Phi) is 5.12. The van der Waals surface area contributed by atoms with Crippen LogP contribution in [0.2, 0.25) is 0 Å². The molecule has 7 N–H and O–H groups in total. The average Bonchev–Trinajstić information content (AvgIpc) is 2.67. The molecule has 116 valence electrons. The predicted molar refractivity (Wildman–Crippen MR) is 66.5 cm³/mol. The SMILES string of the molecule is Nc1nccn1CCOCC(O)(P(=O)(O)O)P(=O)(O)O. The van der Waals surface area contributed by atoms with Gasteiger partial charge in [-0.2, -0.15) is 0 Å². The molecule has 0 bridgehead atoms. The van der Waals surface area contributed by atoms with Crippen molar-refractivity contribution >= 4 is 21.1 Å². The van der Waals surface area contributed by atoms with E-state index >= 15 is 0 Å². The minimum atomic E-state index is -5.50. The van der Waals surface area contributed by atoms with Gasteiger partial charge in [-0.05, 0) is 0 Å². The number of imidazole rings is 1. The first-order valence-electron chi connectivity index (χ1n) is 5.17. The molecule has 0 unspecified atom stereocenters. The van der Waals surface area contributed by atoms with Gasteiger partial charge >= 0.3 is 15.2 Å². The van der Waals surface area contributed by atoms with Crippen LogP contribution in [0.25, 0.3) is 0 Å². The Morgan fingerprint density at radius 3 is 2.25 bits per heavy atom. The third-order valence-electron chi connectivity index (χ3n) is 2.45. The molecule has 0 amide bonds. The molecule has 0 saturated heterocycles. The summed E-state index contributed by atoms with van der Waals surface area (Å²) in [6, 6.07) is 0. The number of hydrogen-bond donors (Lipinski definition) is 6. The zero-order valence-electron chi connectivity index (χ0n) is 10.1. The van der Waals surface area contributed by atoms with Crippen LogP contribution in [0.4, 0.5) is 5.95 Å². The van der Waals surface area contributed by atoms with Crippen molar-refractivity contribution in [1.29, 1.82) is 0 Å². The molecule has 0 spiro atoms. The standard InChI is InChI=1S/C7H15N3O8P2/c8-6-9-1-2-10(6)3-4-18-5-7(11,19(12,13)14)20(15,16)17/h1-2,11H,3-5H2,(H2,8,9)(H2,12,13,14)(H2,15,16,17). The fraction of sp³-hybridized carbons (Fsp3) is 0.571. The Balaban J connectivity index is 2.64. The molecule has 0 atom stereocenters. The third kappa shape index (κ3) is 3.66. The largest absolute Gasteiger partial charge is 0.375 e. The van der Waals surface area contributed by atoms with Crippen molar-refractivity contribution < 1.29 is 38.5 Å². The smallest absolute Gasteiger partial charge is 0.371 e. The number of aromatic nitrogens is 2. The van der Waals surface area contributed by atoms with Crippen LogP contribution in [0.3, 0.4) is 0 Å². The van der Waals surface area contributed by atoms with Crippen LogP contribution in [0.5, 0.6) is 0 Å². The number of nitrogens with two attached hydrogens (primary N) is 1. The van der Waals surface area contributed by atoms with Gasteiger partial charge in [-0.15, -0.1) is 0 Å². The van der Waals surface area contributed by atoms with Gasteiger partial charge in [-0.25, -0.2) is 4.98 Å². The van der Waals surface area contributed by atoms with Crippen molar-refractivity contribution in [1.82, 2.24) is 9.55 Å². The summed E-state index contributed by atoms with van der Waals surface area (Å²) in [5, 5.41) is 5.93. The minimum absolute atomic E-state index is 0.129. The third-order valence-corrected chi connectivity index (χ3v) is 6.14. The van der Waals surface area contributed by atoms with E-state index in [9.17, 15) is 14.2 Å². The van der Waals surface area contributed by atoms with E-state index in [2.05, 4.69) is 4.98 Å². The second kappa shape index (κ2) is 5.92. The van der Waals surface area contributed by atoms with E-state index in [1.54, 1.807) is 0 Å². The number of ether oxygens (including phenoxy) is 1. The van der Waals surface area contributed by atoms with Crippen LogP contribution >= 0.6 is 15.2 Å². The van der Waals surface area contributed by atoms with E-state index < -0.39 is 26.9 Å². The molecule has 1 aromatic heterocycles. The summed E-state index contributed by atoms with van der Waals surface area (Å²) in [6.45, 7) is -1.29. The predicted octanol–water partition coefficient (Wildman–Crippen LogP) is -1.52. The van der Waals surface area contributed by atoms with Gasteiger partial charge in [0, 0.05) is 18.9 Å². The van der Waals surface area contributed by atoms with Gasteiger partial charge in [0.2, 0.25) is 0 Å². The van der Waals surface area contributed by atoms with Crippen molar-refractivity contribution in [2.45, 2.75) is 11.6 Å². The van der Waals surface area contributed by atoms with E-state index in [-0.39, 0.29) is 19.1 Å². The number of aliphatic hydroxyl groups is 1. The topological polar surface area (TPSA) is 188 Å². The van der Waals surface area contributed by atoms with Crippen LogP contribution in [0.15, 0.2) is 12.4 Å². The highest BCUT2D eigenvalue weighted by atomic mass is 31.2. The van der Waals surface area contributed by atoms with E-state index in [0.717, 1.165) is 0 Å². The highest BCUT2D eigenvalue weighted by molar-refractivity contribution is 7.72. The van der Waals surface area contributed by atoms with Crippen molar-refractivity contribution in [2.24, 2.45) is 0 Å². The fourth-order valence-corrected chi connectivity index (χ4v) is 3.12. The van der Waals surface area contributed by atoms with Crippen LogP contribution in [0, 0.1) is 0 Å². The van der Waals surface area contributed by atoms with Gasteiger partial charge in [0.15, 0.2) is 5.95 Å². The Bertz CT molecular complexity index is 526. The van der Waals surface area contributed by atoms with Gasteiger partial charge in [-0.1, -0.05) is 0 Å². The lowest BCUT2D eigenvalue weighted by Gasteiger charge is -2.28. The van der Waals surface area contributed by atoms with Gasteiger partial charge < -0.3 is 39.7 Å². The Labute approximate surface area is 113 Å². The van der Waals surface area contributed by atoms with Crippen molar-refractivity contribution in [2.75, 3.05) is 18.9 Å². The Hall–Kier alpha value is -0.770. The summed E-state index contributed by atoms with van der Waals surface area (Å²) in [5.74, 6) is 0.175. The molecule has 1 aromatic rings. The quantitative estimate of drug-likeness (QED) is 0.253. The summed E-state index contributed by atoms with van der Waals surface area (Å²) in [4.78, 5) is 39.1. The molecule has 0 aliphatic rings. The molecule has 0 aliphatic heterocycles. The highest BCUT2D eigenvalue weighted by Gasteiger charge is 2.59. The molecule has 0 saturated carbocycles. The van der Waals surface area contributed by atoms with Crippen molar-refractivity contribution in [3.63, 3.8) is 0 Å². The summed E-state index contributed by atoms with van der Waals surface area (Å²) in [5.41, 5.74) is 5.44. The van der Waals surface area contributed by atoms with Crippen LogP contribution in [0.1, 0.15) is 0 Å². The van der Waals surface area contributed by atoms with Crippen LogP contribution in [-0.2, 0) is 20.4 Å². The first kappa shape index (κ1) is 17.3. The molecule has 1 rings (SSSR count). The van der Waals surface area contributed by atoms with E-state index in [4.69, 9.17) is 30.0 Å². The molecule has 0 radical (unpaired) electrons. The van der Waals surface area contributed by atoms with Crippen molar-refractivity contribution in [3.8, 4) is 0 Å². The van der Waals surface area contributed by atoms with E-state index in [0.29, 0.717) is 0 Å². The molecular formula is C7H15N3O8P2. The lowest BCUT2D eigenvalue weighted by molar-refractivity contribution is 0.0225. The maximum atomic E-state index is 11.0. The maximum Gasteiger partial charge on any atom is 0.371 e. The summed E-state index contributed by atoms with van der Waals surface area (Å²) in [7, 11) is -11.0. The first-order valence-corrected chi connectivity index (χ1v) is 8.39. The molecular weight excluding hydrogens is 316 g/mol. The summed E-state index contributed by atoms with van der Waals surface area (Å²) < 4.78 is 28.2. The van der Waals surface area contributed by atoms with E-state index in [1.807, 2.05) is 0 Å². The van der Waals surface area contributed by atoms with Gasteiger partial charge in [0.1, 0.15) is 0 Å². The lowest BCUT2D eigenvalue weighted by atomic mass is 10.6. The van der Waals surface area contributed by atoms with Crippen LogP contribution in [-0.4, -0.2) is 52.5 Å². The van der Waals surface area contributed by atoms with Gasteiger partial charge in [-0.3, -0.25) is 9.13 Å². The molecule has 0 aromatic carbocycles. The number of rotatable bonds is 7. The molecule has 0 fully saturated rings. The lowest BCUT2D eigenvalue weighted by Crippen LogP contribution is -2.34. The minimum Gasteiger partial charge on any atom is -0.375 e. The molecule has 11 nitrogen and oxygen atoms in total. The molecule has 13 heteroatoms. The summed E-state index contributed by atoms with van der Waals surface area (Å²) in [6.07, 6.45) is 2.92. The maximum absolute atomic E-state index is 11.0. The summed E-state index contributed by atoms with van der Waals surface area (Å²) >= 11 is 0. The highest BCUT2D eigenvalue weighted by Crippen LogP contribution is 2.67. The number of nitrogen functional groups attached to an aromatic ring is 1. The zero-order chi connectivity index (χ0) is 15.6. The van der Waals surface area contributed by atoms with Gasteiger partial charge in [0.05, 0.1) is 13.2 Å². The molecule has 20 heavy (non-hydrogen) atoms. The van der Waals surface area contributed by atoms with Gasteiger partial charge in [0.25, 0.3) is 5.08 Å². The molecule has 1 heterocycles. The number of anilines is 1. The normalized spacial score (nSPS) is 13.7. The van der Waals surface area contributed by atoms with Crippen LogP contribution < -0.4 is 5.73 Å². The second-order valence-electron chi connectivity index (χ2n) is 3.89. The monoisotopic (exact) mass is 331 g/mol. The molecule has 0 aliphatic carbocycles. The number of hydrogen-bond acceptors (Lipinski definition) is 6. The average molecular weight is 331 g/mol. The Morgan fingerprint density at radius 1 is 1.30 bits per heavy atom.